The number of hydrogen-bond acceptors (Lipinski definition) is 3. The summed E-state index contributed by atoms with van der Waals surface area (Å²) in [6.45, 7) is 5.91. The zero-order chi connectivity index (χ0) is 17.5. The minimum Gasteiger partial charge on any atom is -0.489 e. The predicted octanol–water partition coefficient (Wildman–Crippen LogP) is 4.97. The van der Waals surface area contributed by atoms with Crippen molar-refractivity contribution in [2.75, 3.05) is 18.5 Å². The molecule has 0 heterocycles. The molecule has 0 unspecified atom stereocenters. The Balaban J connectivity index is 1.90. The van der Waals surface area contributed by atoms with Crippen LogP contribution in [0.2, 0.25) is 10.0 Å². The molecule has 1 amide bonds. The molecule has 4 nitrogen and oxygen atoms in total. The lowest BCUT2D eigenvalue weighted by atomic mass is 10.3. The molecular weight excluding hydrogens is 349 g/mol. The molecule has 0 bridgehead atoms. The summed E-state index contributed by atoms with van der Waals surface area (Å²) in [4.78, 5) is 12.0. The van der Waals surface area contributed by atoms with Gasteiger partial charge in [0.2, 0.25) is 0 Å². The number of carbonyl (C=O) groups is 1. The summed E-state index contributed by atoms with van der Waals surface area (Å²) in [6.07, 6.45) is 0. The first-order valence-electron chi connectivity index (χ1n) is 7.19. The minimum absolute atomic E-state index is 0.168. The SMILES string of the molecule is C=C(C)COc1cccc(NC(=O)COc2ccc(Cl)cc2Cl)c1. The highest BCUT2D eigenvalue weighted by Crippen LogP contribution is 2.27. The van der Waals surface area contributed by atoms with Gasteiger partial charge in [-0.1, -0.05) is 35.8 Å². The molecule has 0 saturated heterocycles. The zero-order valence-electron chi connectivity index (χ0n) is 13.1. The van der Waals surface area contributed by atoms with Gasteiger partial charge in [0.05, 0.1) is 5.02 Å². The molecular formula is C18H17Cl2NO3. The lowest BCUT2D eigenvalue weighted by molar-refractivity contribution is -0.118. The molecule has 0 aromatic heterocycles. The fourth-order valence-electron chi connectivity index (χ4n) is 1.80. The van der Waals surface area contributed by atoms with Gasteiger partial charge in [0.25, 0.3) is 5.91 Å². The van der Waals surface area contributed by atoms with E-state index in [0.29, 0.717) is 33.8 Å². The molecule has 2 aromatic carbocycles. The monoisotopic (exact) mass is 365 g/mol. The summed E-state index contributed by atoms with van der Waals surface area (Å²) in [5, 5.41) is 3.59. The Kier molecular flexibility index (Phi) is 6.53. The average Bonchev–Trinajstić information content (AvgIpc) is 2.52. The normalized spacial score (nSPS) is 10.1. The topological polar surface area (TPSA) is 47.6 Å². The van der Waals surface area contributed by atoms with Crippen molar-refractivity contribution in [2.45, 2.75) is 6.92 Å². The van der Waals surface area contributed by atoms with Crippen molar-refractivity contribution >= 4 is 34.8 Å². The molecule has 2 aromatic rings. The van der Waals surface area contributed by atoms with Gasteiger partial charge in [-0.2, -0.15) is 0 Å². The van der Waals surface area contributed by atoms with Gasteiger partial charge in [0.15, 0.2) is 6.61 Å². The molecule has 0 radical (unpaired) electrons. The first-order valence-corrected chi connectivity index (χ1v) is 7.94. The molecule has 2 rings (SSSR count). The number of rotatable bonds is 7. The highest BCUT2D eigenvalue weighted by molar-refractivity contribution is 6.35. The lowest BCUT2D eigenvalue weighted by Gasteiger charge is -2.10. The van der Waals surface area contributed by atoms with Gasteiger partial charge in [-0.25, -0.2) is 0 Å². The van der Waals surface area contributed by atoms with Crippen LogP contribution in [0.25, 0.3) is 0 Å². The van der Waals surface area contributed by atoms with E-state index < -0.39 is 0 Å². The first-order chi connectivity index (χ1) is 11.4. The zero-order valence-corrected chi connectivity index (χ0v) is 14.7. The Morgan fingerprint density at radius 2 is 1.92 bits per heavy atom. The van der Waals surface area contributed by atoms with Gasteiger partial charge in [-0.3, -0.25) is 4.79 Å². The van der Waals surface area contributed by atoms with Gasteiger partial charge >= 0.3 is 0 Å². The second-order valence-electron chi connectivity index (χ2n) is 5.19. The maximum absolute atomic E-state index is 12.0. The van der Waals surface area contributed by atoms with Crippen molar-refractivity contribution in [2.24, 2.45) is 0 Å². The van der Waals surface area contributed by atoms with Crippen LogP contribution in [0.15, 0.2) is 54.6 Å². The van der Waals surface area contributed by atoms with E-state index in [1.807, 2.05) is 13.0 Å². The smallest absolute Gasteiger partial charge is 0.262 e. The van der Waals surface area contributed by atoms with Crippen LogP contribution in [0.4, 0.5) is 5.69 Å². The molecule has 126 valence electrons. The van der Waals surface area contributed by atoms with Crippen LogP contribution < -0.4 is 14.8 Å². The minimum atomic E-state index is -0.307. The van der Waals surface area contributed by atoms with Gasteiger partial charge in [0, 0.05) is 16.8 Å². The Morgan fingerprint density at radius 1 is 1.12 bits per heavy atom. The van der Waals surface area contributed by atoms with E-state index >= 15 is 0 Å². The van der Waals surface area contributed by atoms with Crippen molar-refractivity contribution in [1.29, 1.82) is 0 Å². The number of benzene rings is 2. The number of halogens is 2. The van der Waals surface area contributed by atoms with Crippen LogP contribution in [-0.2, 0) is 4.79 Å². The number of anilines is 1. The fourth-order valence-corrected chi connectivity index (χ4v) is 2.27. The third kappa shape index (κ3) is 5.80. The molecule has 0 fully saturated rings. The summed E-state index contributed by atoms with van der Waals surface area (Å²) in [5.41, 5.74) is 1.53. The van der Waals surface area contributed by atoms with Crippen molar-refractivity contribution in [3.8, 4) is 11.5 Å². The molecule has 1 N–H and O–H groups in total. The molecule has 0 aliphatic rings. The fraction of sp³-hybridized carbons (Fsp3) is 0.167. The van der Waals surface area contributed by atoms with Crippen LogP contribution in [0.5, 0.6) is 11.5 Å². The number of ether oxygens (including phenoxy) is 2. The van der Waals surface area contributed by atoms with Crippen LogP contribution in [0.1, 0.15) is 6.92 Å². The Hall–Kier alpha value is -2.17. The maximum Gasteiger partial charge on any atom is 0.262 e. The summed E-state index contributed by atoms with van der Waals surface area (Å²) < 4.78 is 10.9. The summed E-state index contributed by atoms with van der Waals surface area (Å²) in [6, 6.07) is 11.9. The van der Waals surface area contributed by atoms with Gasteiger partial charge in [-0.05, 0) is 42.8 Å². The highest BCUT2D eigenvalue weighted by Gasteiger charge is 2.07. The number of carbonyl (C=O) groups excluding carboxylic acids is 1. The average molecular weight is 366 g/mol. The number of amides is 1. The Bertz CT molecular complexity index is 747. The van der Waals surface area contributed by atoms with Crippen molar-refractivity contribution in [3.63, 3.8) is 0 Å². The van der Waals surface area contributed by atoms with Crippen molar-refractivity contribution in [3.05, 3.63) is 64.7 Å². The number of nitrogens with one attached hydrogen (secondary N) is 1. The quantitative estimate of drug-likeness (QED) is 0.704. The summed E-state index contributed by atoms with van der Waals surface area (Å²) >= 11 is 11.8. The standard InChI is InChI=1S/C18H17Cl2NO3/c1-12(2)10-23-15-5-3-4-14(9-15)21-18(22)11-24-17-7-6-13(19)8-16(17)20/h3-9H,1,10-11H2,2H3,(H,21,22). The second kappa shape index (κ2) is 8.62. The second-order valence-corrected chi connectivity index (χ2v) is 6.03. The third-order valence-electron chi connectivity index (χ3n) is 2.86. The molecule has 0 aliphatic carbocycles. The van der Waals surface area contributed by atoms with E-state index in [1.165, 1.54) is 0 Å². The Morgan fingerprint density at radius 3 is 2.62 bits per heavy atom. The number of hydrogen-bond donors (Lipinski definition) is 1. The van der Waals surface area contributed by atoms with Gasteiger partial charge in [0.1, 0.15) is 18.1 Å². The van der Waals surface area contributed by atoms with E-state index in [4.69, 9.17) is 32.7 Å². The van der Waals surface area contributed by atoms with Crippen molar-refractivity contribution < 1.29 is 14.3 Å². The predicted molar refractivity (Wildman–Crippen MR) is 97.3 cm³/mol. The van der Waals surface area contributed by atoms with Crippen LogP contribution in [0, 0.1) is 0 Å². The van der Waals surface area contributed by atoms with Crippen LogP contribution >= 0.6 is 23.2 Å². The van der Waals surface area contributed by atoms with E-state index in [9.17, 15) is 4.79 Å². The third-order valence-corrected chi connectivity index (χ3v) is 3.39. The molecule has 0 spiro atoms. The molecule has 0 atom stereocenters. The van der Waals surface area contributed by atoms with Crippen molar-refractivity contribution in [1.82, 2.24) is 0 Å². The summed E-state index contributed by atoms with van der Waals surface area (Å²) in [7, 11) is 0. The highest BCUT2D eigenvalue weighted by atomic mass is 35.5. The first kappa shape index (κ1) is 18.2. The lowest BCUT2D eigenvalue weighted by Crippen LogP contribution is -2.20. The van der Waals surface area contributed by atoms with Crippen LogP contribution in [-0.4, -0.2) is 19.1 Å². The van der Waals surface area contributed by atoms with Gasteiger partial charge in [-0.15, -0.1) is 0 Å². The largest absolute Gasteiger partial charge is 0.489 e. The van der Waals surface area contributed by atoms with E-state index in [1.54, 1.807) is 36.4 Å². The van der Waals surface area contributed by atoms with E-state index in [-0.39, 0.29) is 12.5 Å². The summed E-state index contributed by atoms with van der Waals surface area (Å²) in [5.74, 6) is 0.741. The van der Waals surface area contributed by atoms with Gasteiger partial charge < -0.3 is 14.8 Å². The molecule has 24 heavy (non-hydrogen) atoms. The Labute approximate surface area is 151 Å². The molecule has 0 saturated carbocycles. The van der Waals surface area contributed by atoms with Crippen LogP contribution in [0.3, 0.4) is 0 Å². The maximum atomic E-state index is 12.0. The molecule has 6 heteroatoms. The van der Waals surface area contributed by atoms with E-state index in [0.717, 1.165) is 5.57 Å². The molecule has 0 aliphatic heterocycles. The van der Waals surface area contributed by atoms with E-state index in [2.05, 4.69) is 11.9 Å².